The molecule has 1 N–H and O–H groups in total. The van der Waals surface area contributed by atoms with Gasteiger partial charge in [-0.05, 0) is 12.1 Å². The van der Waals surface area contributed by atoms with Gasteiger partial charge in [0, 0.05) is 18.5 Å². The minimum absolute atomic E-state index is 0.120. The predicted molar refractivity (Wildman–Crippen MR) is 72.3 cm³/mol. The third kappa shape index (κ3) is 2.16. The van der Waals surface area contributed by atoms with Gasteiger partial charge in [-0.1, -0.05) is 11.6 Å². The lowest BCUT2D eigenvalue weighted by molar-refractivity contribution is 0.00556. The van der Waals surface area contributed by atoms with Crippen LogP contribution in [0.25, 0.3) is 9.88 Å². The van der Waals surface area contributed by atoms with E-state index in [2.05, 4.69) is 4.98 Å². The molecule has 94 valence electrons. The maximum Gasteiger partial charge on any atom is 0.273 e. The average Bonchev–Trinajstić information content (AvgIpc) is 2.92. The van der Waals surface area contributed by atoms with Gasteiger partial charge in [-0.2, -0.15) is 0 Å². The monoisotopic (exact) mass is 300 g/mol. The van der Waals surface area contributed by atoms with Crippen molar-refractivity contribution in [3.05, 3.63) is 27.5 Å². The summed E-state index contributed by atoms with van der Waals surface area (Å²) in [7, 11) is 0. The number of thiazole rings is 1. The number of β-amino-alcohol motifs (C(OH)–C–C–N with tert-alkyl or cyclic N) is 1. The maximum absolute atomic E-state index is 12.0. The summed E-state index contributed by atoms with van der Waals surface area (Å²) in [4.78, 5) is 18.8. The number of halogens is 1. The zero-order valence-electron chi connectivity index (χ0n) is 9.17. The molecule has 1 saturated heterocycles. The molecule has 4 nitrogen and oxygen atoms in total. The maximum atomic E-state index is 12.0. The van der Waals surface area contributed by atoms with Gasteiger partial charge in [0.05, 0.1) is 15.3 Å². The van der Waals surface area contributed by atoms with Crippen molar-refractivity contribution in [3.8, 4) is 9.88 Å². The molecule has 18 heavy (non-hydrogen) atoms. The van der Waals surface area contributed by atoms with Gasteiger partial charge < -0.3 is 10.0 Å². The summed E-state index contributed by atoms with van der Waals surface area (Å²) in [6.45, 7) is 0.799. The first-order chi connectivity index (χ1) is 8.63. The van der Waals surface area contributed by atoms with E-state index in [1.165, 1.54) is 22.7 Å². The summed E-state index contributed by atoms with van der Waals surface area (Å²) in [6.07, 6.45) is -0.386. The van der Waals surface area contributed by atoms with E-state index in [-0.39, 0.29) is 12.0 Å². The lowest BCUT2D eigenvalue weighted by Crippen LogP contribution is -2.53. The van der Waals surface area contributed by atoms with Gasteiger partial charge in [0.15, 0.2) is 0 Å². The molecule has 2 aromatic heterocycles. The number of likely N-dealkylation sites (tertiary alicyclic amines) is 1. The summed E-state index contributed by atoms with van der Waals surface area (Å²) in [5, 5.41) is 11.7. The zero-order valence-corrected chi connectivity index (χ0v) is 11.6. The van der Waals surface area contributed by atoms with E-state index in [0.29, 0.717) is 23.1 Å². The molecule has 0 spiro atoms. The number of aromatic nitrogens is 1. The van der Waals surface area contributed by atoms with Crippen LogP contribution in [0.2, 0.25) is 4.34 Å². The lowest BCUT2D eigenvalue weighted by Gasteiger charge is -2.35. The van der Waals surface area contributed by atoms with Crippen LogP contribution >= 0.6 is 34.3 Å². The normalized spacial score (nSPS) is 15.8. The van der Waals surface area contributed by atoms with Crippen LogP contribution in [-0.4, -0.2) is 40.1 Å². The van der Waals surface area contributed by atoms with Crippen LogP contribution < -0.4 is 0 Å². The smallest absolute Gasteiger partial charge is 0.273 e. The first kappa shape index (κ1) is 12.1. The molecule has 0 aromatic carbocycles. The zero-order chi connectivity index (χ0) is 12.7. The first-order valence-electron chi connectivity index (χ1n) is 5.32. The molecule has 0 atom stereocenters. The predicted octanol–water partition coefficient (Wildman–Crippen LogP) is 2.34. The summed E-state index contributed by atoms with van der Waals surface area (Å²) in [6, 6.07) is 3.71. The van der Waals surface area contributed by atoms with E-state index in [1.54, 1.807) is 10.3 Å². The number of hydrogen-bond acceptors (Lipinski definition) is 5. The van der Waals surface area contributed by atoms with Gasteiger partial charge in [0.1, 0.15) is 10.7 Å². The third-order valence-electron chi connectivity index (χ3n) is 2.66. The highest BCUT2D eigenvalue weighted by Gasteiger charge is 2.30. The molecular weight excluding hydrogens is 292 g/mol. The minimum Gasteiger partial charge on any atom is -0.389 e. The Morgan fingerprint density at radius 3 is 2.89 bits per heavy atom. The van der Waals surface area contributed by atoms with E-state index in [9.17, 15) is 9.90 Å². The number of hydrogen-bond donors (Lipinski definition) is 1. The summed E-state index contributed by atoms with van der Waals surface area (Å²) >= 11 is 8.74. The second kappa shape index (κ2) is 4.62. The standard InChI is InChI=1S/C11H9ClN2O2S2/c12-9-2-1-8(18-9)10-13-7(5-17-10)11(16)14-3-6(15)4-14/h1-2,5-6,15H,3-4H2. The van der Waals surface area contributed by atoms with Gasteiger partial charge in [0.2, 0.25) is 0 Å². The molecule has 0 unspecified atom stereocenters. The molecule has 1 aliphatic heterocycles. The topological polar surface area (TPSA) is 53.4 Å². The second-order valence-corrected chi connectivity index (χ2v) is 6.58. The van der Waals surface area contributed by atoms with Crippen molar-refractivity contribution in [1.82, 2.24) is 9.88 Å². The fourth-order valence-corrected chi connectivity index (χ4v) is 3.61. The van der Waals surface area contributed by atoms with Gasteiger partial charge in [-0.3, -0.25) is 4.79 Å². The largest absolute Gasteiger partial charge is 0.389 e. The van der Waals surface area contributed by atoms with Crippen LogP contribution in [0.3, 0.4) is 0 Å². The van der Waals surface area contributed by atoms with Gasteiger partial charge >= 0.3 is 0 Å². The minimum atomic E-state index is -0.386. The van der Waals surface area contributed by atoms with Gasteiger partial charge in [-0.15, -0.1) is 22.7 Å². The molecular formula is C11H9ClN2O2S2. The van der Waals surface area contributed by atoms with Gasteiger partial charge in [-0.25, -0.2) is 4.98 Å². The number of nitrogens with zero attached hydrogens (tertiary/aromatic N) is 2. The number of aliphatic hydroxyl groups is 1. The number of aliphatic hydroxyl groups excluding tert-OH is 1. The van der Waals surface area contributed by atoms with Crippen molar-refractivity contribution in [2.45, 2.75) is 6.10 Å². The van der Waals surface area contributed by atoms with Crippen molar-refractivity contribution < 1.29 is 9.90 Å². The van der Waals surface area contributed by atoms with E-state index in [0.717, 1.165) is 9.88 Å². The molecule has 1 aliphatic rings. The molecule has 0 radical (unpaired) electrons. The van der Waals surface area contributed by atoms with Crippen LogP contribution in [-0.2, 0) is 0 Å². The Kier molecular flexibility index (Phi) is 3.11. The van der Waals surface area contributed by atoms with E-state index in [4.69, 9.17) is 11.6 Å². The Morgan fingerprint density at radius 1 is 1.50 bits per heavy atom. The number of amides is 1. The molecule has 1 amide bonds. The number of thiophene rings is 1. The van der Waals surface area contributed by atoms with Crippen LogP contribution in [0.1, 0.15) is 10.5 Å². The number of carbonyl (C=O) groups excluding carboxylic acids is 1. The fourth-order valence-electron chi connectivity index (χ4n) is 1.70. The molecule has 0 aliphatic carbocycles. The number of carbonyl (C=O) groups is 1. The Bertz CT molecular complexity index is 589. The molecule has 3 heterocycles. The third-order valence-corrected chi connectivity index (χ3v) is 4.90. The molecule has 7 heteroatoms. The quantitative estimate of drug-likeness (QED) is 0.926. The van der Waals surface area contributed by atoms with Crippen molar-refractivity contribution >= 4 is 40.2 Å². The van der Waals surface area contributed by atoms with Crippen molar-refractivity contribution in [1.29, 1.82) is 0 Å². The van der Waals surface area contributed by atoms with Crippen LogP contribution in [0.5, 0.6) is 0 Å². The van der Waals surface area contributed by atoms with Crippen LogP contribution in [0.15, 0.2) is 17.5 Å². The molecule has 0 saturated carbocycles. The molecule has 2 aromatic rings. The lowest BCUT2D eigenvalue weighted by atomic mass is 10.1. The Morgan fingerprint density at radius 2 is 2.28 bits per heavy atom. The van der Waals surface area contributed by atoms with E-state index in [1.807, 2.05) is 12.1 Å². The van der Waals surface area contributed by atoms with Gasteiger partial charge in [0.25, 0.3) is 5.91 Å². The highest BCUT2D eigenvalue weighted by molar-refractivity contribution is 7.23. The fraction of sp³-hybridized carbons (Fsp3) is 0.273. The van der Waals surface area contributed by atoms with Crippen LogP contribution in [0, 0.1) is 0 Å². The Hall–Kier alpha value is -0.950. The van der Waals surface area contributed by atoms with Crippen molar-refractivity contribution in [2.24, 2.45) is 0 Å². The summed E-state index contributed by atoms with van der Waals surface area (Å²) in [5.41, 5.74) is 0.437. The second-order valence-electron chi connectivity index (χ2n) is 4.01. The molecule has 1 fully saturated rings. The molecule has 3 rings (SSSR count). The van der Waals surface area contributed by atoms with Crippen molar-refractivity contribution in [2.75, 3.05) is 13.1 Å². The van der Waals surface area contributed by atoms with Crippen LogP contribution in [0.4, 0.5) is 0 Å². The van der Waals surface area contributed by atoms with E-state index < -0.39 is 0 Å². The SMILES string of the molecule is O=C(c1csc(-c2ccc(Cl)s2)n1)N1CC(O)C1. The van der Waals surface area contributed by atoms with E-state index >= 15 is 0 Å². The average molecular weight is 301 g/mol. The summed E-state index contributed by atoms with van der Waals surface area (Å²) < 4.78 is 0.707. The Labute approximate surface area is 116 Å². The van der Waals surface area contributed by atoms with Crippen molar-refractivity contribution in [3.63, 3.8) is 0 Å². The molecule has 0 bridgehead atoms. The highest BCUT2D eigenvalue weighted by atomic mass is 35.5. The number of rotatable bonds is 2. The Balaban J connectivity index is 1.79. The summed E-state index contributed by atoms with van der Waals surface area (Å²) in [5.74, 6) is -0.120. The highest BCUT2D eigenvalue weighted by Crippen LogP contribution is 2.33. The first-order valence-corrected chi connectivity index (χ1v) is 7.39.